The number of carbonyl (C=O) groups excluding carboxylic acids is 1. The van der Waals surface area contributed by atoms with Gasteiger partial charge in [0.2, 0.25) is 5.91 Å². The second-order valence-electron chi connectivity index (χ2n) is 5.89. The topological polar surface area (TPSA) is 75.9 Å². The fourth-order valence-electron chi connectivity index (χ4n) is 2.79. The van der Waals surface area contributed by atoms with Crippen molar-refractivity contribution in [2.24, 2.45) is 0 Å². The van der Waals surface area contributed by atoms with Crippen molar-refractivity contribution in [3.05, 3.63) is 33.9 Å². The van der Waals surface area contributed by atoms with Gasteiger partial charge in [0, 0.05) is 25.7 Å². The number of methoxy groups -OCH3 is 1. The van der Waals surface area contributed by atoms with Gasteiger partial charge in [0.25, 0.3) is 0 Å². The number of rotatable bonds is 6. The van der Waals surface area contributed by atoms with Gasteiger partial charge in [-0.1, -0.05) is 6.07 Å². The van der Waals surface area contributed by atoms with Crippen LogP contribution in [0.5, 0.6) is 5.75 Å². The van der Waals surface area contributed by atoms with Gasteiger partial charge in [0.15, 0.2) is 5.75 Å². The first-order valence-electron chi connectivity index (χ1n) is 7.74. The fourth-order valence-corrected chi connectivity index (χ4v) is 2.79. The standard InChI is InChI=1S/C16H23N3O4/c1-12(16(20)18-8-4-5-9-18)17(2)11-13-6-7-15(23-3)14(10-13)19(21)22/h6-7,10,12H,4-5,8-9,11H2,1-3H3/t12-/m0/s1. The molecule has 1 saturated heterocycles. The summed E-state index contributed by atoms with van der Waals surface area (Å²) in [6.45, 7) is 3.99. The van der Waals surface area contributed by atoms with Crippen LogP contribution in [-0.4, -0.2) is 53.9 Å². The highest BCUT2D eigenvalue weighted by Crippen LogP contribution is 2.28. The quantitative estimate of drug-likeness (QED) is 0.592. The number of nitro benzene ring substituents is 1. The average Bonchev–Trinajstić information content (AvgIpc) is 3.07. The van der Waals surface area contributed by atoms with Gasteiger partial charge in [-0.25, -0.2) is 0 Å². The first kappa shape index (κ1) is 17.2. The van der Waals surface area contributed by atoms with Gasteiger partial charge in [0.05, 0.1) is 18.1 Å². The Balaban J connectivity index is 2.07. The highest BCUT2D eigenvalue weighted by atomic mass is 16.6. The van der Waals surface area contributed by atoms with Gasteiger partial charge in [-0.15, -0.1) is 0 Å². The molecule has 0 aromatic heterocycles. The molecule has 1 amide bonds. The summed E-state index contributed by atoms with van der Waals surface area (Å²) in [7, 11) is 3.26. The van der Waals surface area contributed by atoms with Crippen molar-refractivity contribution in [1.82, 2.24) is 9.80 Å². The van der Waals surface area contributed by atoms with Crippen LogP contribution in [-0.2, 0) is 11.3 Å². The van der Waals surface area contributed by atoms with Crippen molar-refractivity contribution >= 4 is 11.6 Å². The van der Waals surface area contributed by atoms with Crippen molar-refractivity contribution in [3.63, 3.8) is 0 Å². The van der Waals surface area contributed by atoms with Gasteiger partial charge < -0.3 is 9.64 Å². The Morgan fingerprint density at radius 1 is 1.43 bits per heavy atom. The number of carbonyl (C=O) groups is 1. The number of hydrogen-bond donors (Lipinski definition) is 0. The third-order valence-corrected chi connectivity index (χ3v) is 4.31. The summed E-state index contributed by atoms with van der Waals surface area (Å²) in [5.74, 6) is 0.357. The van der Waals surface area contributed by atoms with E-state index in [2.05, 4.69) is 0 Å². The third-order valence-electron chi connectivity index (χ3n) is 4.31. The van der Waals surface area contributed by atoms with E-state index in [4.69, 9.17) is 4.74 Å². The van der Waals surface area contributed by atoms with E-state index < -0.39 is 4.92 Å². The Kier molecular flexibility index (Phi) is 5.54. The molecule has 1 aromatic carbocycles. The maximum atomic E-state index is 12.4. The van der Waals surface area contributed by atoms with Crippen molar-refractivity contribution in [2.45, 2.75) is 32.4 Å². The maximum Gasteiger partial charge on any atom is 0.311 e. The normalized spacial score (nSPS) is 15.7. The predicted molar refractivity (Wildman–Crippen MR) is 86.4 cm³/mol. The molecule has 23 heavy (non-hydrogen) atoms. The minimum absolute atomic E-state index is 0.0584. The zero-order valence-electron chi connectivity index (χ0n) is 13.8. The first-order chi connectivity index (χ1) is 10.9. The van der Waals surface area contributed by atoms with Gasteiger partial charge in [-0.05, 0) is 38.4 Å². The predicted octanol–water partition coefficient (Wildman–Crippen LogP) is 2.05. The lowest BCUT2D eigenvalue weighted by Crippen LogP contribution is -2.44. The highest BCUT2D eigenvalue weighted by Gasteiger charge is 2.26. The number of likely N-dealkylation sites (tertiary alicyclic amines) is 1. The summed E-state index contributed by atoms with van der Waals surface area (Å²) in [5, 5.41) is 11.1. The van der Waals surface area contributed by atoms with Crippen LogP contribution >= 0.6 is 0 Å². The lowest BCUT2D eigenvalue weighted by Gasteiger charge is -2.28. The Bertz CT molecular complexity index is 585. The SMILES string of the molecule is COc1ccc(CN(C)[C@@H](C)C(=O)N2CCCC2)cc1[N+](=O)[O-]. The molecule has 0 bridgehead atoms. The molecule has 2 rings (SSSR count). The summed E-state index contributed by atoms with van der Waals surface area (Å²) < 4.78 is 5.00. The number of amides is 1. The summed E-state index contributed by atoms with van der Waals surface area (Å²) in [4.78, 5) is 26.8. The van der Waals surface area contributed by atoms with Crippen LogP contribution in [0.15, 0.2) is 18.2 Å². The van der Waals surface area contributed by atoms with Gasteiger partial charge >= 0.3 is 5.69 Å². The van der Waals surface area contributed by atoms with E-state index in [0.717, 1.165) is 31.5 Å². The van der Waals surface area contributed by atoms with Crippen LogP contribution in [0, 0.1) is 10.1 Å². The lowest BCUT2D eigenvalue weighted by atomic mass is 10.1. The summed E-state index contributed by atoms with van der Waals surface area (Å²) in [5.41, 5.74) is 0.720. The van der Waals surface area contributed by atoms with E-state index in [1.54, 1.807) is 12.1 Å². The van der Waals surface area contributed by atoms with Crippen LogP contribution in [0.2, 0.25) is 0 Å². The van der Waals surface area contributed by atoms with Gasteiger partial charge in [-0.2, -0.15) is 0 Å². The molecular weight excluding hydrogens is 298 g/mol. The molecule has 0 spiro atoms. The second kappa shape index (κ2) is 7.41. The molecule has 0 saturated carbocycles. The van der Waals surface area contributed by atoms with E-state index in [0.29, 0.717) is 6.54 Å². The summed E-state index contributed by atoms with van der Waals surface area (Å²) in [6, 6.07) is 4.63. The number of nitrogens with zero attached hydrogens (tertiary/aromatic N) is 3. The molecule has 0 radical (unpaired) electrons. The molecule has 7 nitrogen and oxygen atoms in total. The van der Waals surface area contributed by atoms with Gasteiger partial charge in [-0.3, -0.25) is 19.8 Å². The molecule has 1 aromatic rings. The molecule has 7 heteroatoms. The number of ether oxygens (including phenoxy) is 1. The number of benzene rings is 1. The molecule has 0 unspecified atom stereocenters. The molecule has 1 aliphatic heterocycles. The summed E-state index contributed by atoms with van der Waals surface area (Å²) in [6.07, 6.45) is 2.12. The Morgan fingerprint density at radius 3 is 2.65 bits per heavy atom. The van der Waals surface area contributed by atoms with Crippen molar-refractivity contribution in [3.8, 4) is 5.75 Å². The Morgan fingerprint density at radius 2 is 2.09 bits per heavy atom. The maximum absolute atomic E-state index is 12.4. The minimum atomic E-state index is -0.457. The zero-order valence-corrected chi connectivity index (χ0v) is 13.8. The second-order valence-corrected chi connectivity index (χ2v) is 5.89. The van der Waals surface area contributed by atoms with Crippen molar-refractivity contribution < 1.29 is 14.5 Å². The van der Waals surface area contributed by atoms with E-state index >= 15 is 0 Å². The highest BCUT2D eigenvalue weighted by molar-refractivity contribution is 5.81. The minimum Gasteiger partial charge on any atom is -0.490 e. The van der Waals surface area contributed by atoms with E-state index in [1.807, 2.05) is 23.8 Å². The largest absolute Gasteiger partial charge is 0.490 e. The van der Waals surface area contributed by atoms with Crippen molar-refractivity contribution in [1.29, 1.82) is 0 Å². The molecule has 126 valence electrons. The molecule has 0 aliphatic carbocycles. The summed E-state index contributed by atoms with van der Waals surface area (Å²) >= 11 is 0. The van der Waals surface area contributed by atoms with Crippen molar-refractivity contribution in [2.75, 3.05) is 27.2 Å². The molecule has 1 aliphatic rings. The number of nitro groups is 1. The number of hydrogen-bond acceptors (Lipinski definition) is 5. The van der Waals surface area contributed by atoms with Gasteiger partial charge in [0.1, 0.15) is 0 Å². The third kappa shape index (κ3) is 3.98. The molecule has 1 atom stereocenters. The van der Waals surface area contributed by atoms with Crippen LogP contribution in [0.25, 0.3) is 0 Å². The zero-order chi connectivity index (χ0) is 17.0. The Labute approximate surface area is 136 Å². The van der Waals surface area contributed by atoms with E-state index in [9.17, 15) is 14.9 Å². The van der Waals surface area contributed by atoms with E-state index in [1.165, 1.54) is 13.2 Å². The van der Waals surface area contributed by atoms with Crippen LogP contribution in [0.3, 0.4) is 0 Å². The average molecular weight is 321 g/mol. The molecular formula is C16H23N3O4. The molecule has 1 heterocycles. The van der Waals surface area contributed by atoms with Crippen LogP contribution in [0.4, 0.5) is 5.69 Å². The van der Waals surface area contributed by atoms with Crippen LogP contribution < -0.4 is 4.74 Å². The molecule has 0 N–H and O–H groups in total. The van der Waals surface area contributed by atoms with E-state index in [-0.39, 0.29) is 23.4 Å². The monoisotopic (exact) mass is 321 g/mol. The Hall–Kier alpha value is -2.15. The van der Waals surface area contributed by atoms with Crippen LogP contribution in [0.1, 0.15) is 25.3 Å². The fraction of sp³-hybridized carbons (Fsp3) is 0.562. The number of likely N-dealkylation sites (N-methyl/N-ethyl adjacent to an activating group) is 1. The first-order valence-corrected chi connectivity index (χ1v) is 7.74. The molecule has 1 fully saturated rings. The smallest absolute Gasteiger partial charge is 0.311 e. The lowest BCUT2D eigenvalue weighted by molar-refractivity contribution is -0.385.